The van der Waals surface area contributed by atoms with Crippen molar-refractivity contribution in [3.63, 3.8) is 0 Å². The van der Waals surface area contributed by atoms with Crippen LogP contribution in [0.4, 0.5) is 4.39 Å². The number of carbonyl (C=O) groups excluding carboxylic acids is 3. The molecule has 0 bridgehead atoms. The molecule has 8 nitrogen and oxygen atoms in total. The molecule has 0 spiro atoms. The number of rotatable bonds is 8. The molecule has 0 aliphatic rings. The van der Waals surface area contributed by atoms with Gasteiger partial charge in [-0.05, 0) is 29.8 Å². The Labute approximate surface area is 171 Å². The quantitative estimate of drug-likeness (QED) is 0.667. The number of hydrogen-bond acceptors (Lipinski definition) is 5. The first kappa shape index (κ1) is 22.0. The number of ether oxygens (including phenoxy) is 2. The highest BCUT2D eigenvalue weighted by molar-refractivity contribution is 6.32. The SMILES string of the molecule is COc1cc(C(=O)N(C)C(C(N)=O)c2cccc(F)c2)cc(Cl)c1OCC(N)=O. The molecule has 0 saturated carbocycles. The van der Waals surface area contributed by atoms with Crippen LogP contribution < -0.4 is 20.9 Å². The van der Waals surface area contributed by atoms with E-state index in [9.17, 15) is 18.8 Å². The van der Waals surface area contributed by atoms with E-state index in [4.69, 9.17) is 32.5 Å². The summed E-state index contributed by atoms with van der Waals surface area (Å²) in [6.07, 6.45) is 0. The van der Waals surface area contributed by atoms with Crippen LogP contribution in [0.25, 0.3) is 0 Å². The summed E-state index contributed by atoms with van der Waals surface area (Å²) in [6.45, 7) is -0.438. The Morgan fingerprint density at radius 1 is 1.21 bits per heavy atom. The van der Waals surface area contributed by atoms with Crippen molar-refractivity contribution < 1.29 is 28.2 Å². The van der Waals surface area contributed by atoms with Gasteiger partial charge in [0.25, 0.3) is 11.8 Å². The molecule has 0 aromatic heterocycles. The Balaban J connectivity index is 2.40. The number of nitrogens with zero attached hydrogens (tertiary/aromatic N) is 1. The van der Waals surface area contributed by atoms with Gasteiger partial charge in [-0.15, -0.1) is 0 Å². The number of benzene rings is 2. The zero-order valence-corrected chi connectivity index (χ0v) is 16.4. The fourth-order valence-corrected chi connectivity index (χ4v) is 2.97. The van der Waals surface area contributed by atoms with Crippen LogP contribution in [0.1, 0.15) is 22.0 Å². The third kappa shape index (κ3) is 5.14. The van der Waals surface area contributed by atoms with Gasteiger partial charge in [0.1, 0.15) is 11.9 Å². The van der Waals surface area contributed by atoms with Crippen molar-refractivity contribution in [1.29, 1.82) is 0 Å². The van der Waals surface area contributed by atoms with Crippen molar-refractivity contribution in [2.75, 3.05) is 20.8 Å². The van der Waals surface area contributed by atoms with E-state index in [1.54, 1.807) is 0 Å². The fourth-order valence-electron chi connectivity index (χ4n) is 2.70. The van der Waals surface area contributed by atoms with Crippen molar-refractivity contribution in [2.45, 2.75) is 6.04 Å². The van der Waals surface area contributed by atoms with Gasteiger partial charge in [-0.3, -0.25) is 14.4 Å². The predicted molar refractivity (Wildman–Crippen MR) is 103 cm³/mol. The van der Waals surface area contributed by atoms with Gasteiger partial charge < -0.3 is 25.8 Å². The second-order valence-electron chi connectivity index (χ2n) is 6.02. The molecule has 2 rings (SSSR count). The number of methoxy groups -OCH3 is 1. The van der Waals surface area contributed by atoms with Crippen molar-refractivity contribution in [3.8, 4) is 11.5 Å². The lowest BCUT2D eigenvalue weighted by Gasteiger charge is -2.26. The van der Waals surface area contributed by atoms with E-state index in [1.807, 2.05) is 0 Å². The van der Waals surface area contributed by atoms with E-state index in [2.05, 4.69) is 0 Å². The minimum atomic E-state index is -1.21. The van der Waals surface area contributed by atoms with Crippen molar-refractivity contribution in [2.24, 2.45) is 11.5 Å². The first-order valence-corrected chi connectivity index (χ1v) is 8.64. The Morgan fingerprint density at radius 3 is 2.45 bits per heavy atom. The molecule has 1 atom stereocenters. The van der Waals surface area contributed by atoms with Gasteiger partial charge in [-0.1, -0.05) is 23.7 Å². The lowest BCUT2D eigenvalue weighted by Crippen LogP contribution is -2.39. The number of likely N-dealkylation sites (N-methyl/N-ethyl adjacent to an activating group) is 1. The maximum atomic E-state index is 13.6. The maximum Gasteiger partial charge on any atom is 0.255 e. The molecule has 0 fully saturated rings. The largest absolute Gasteiger partial charge is 0.493 e. The minimum Gasteiger partial charge on any atom is -0.493 e. The monoisotopic (exact) mass is 423 g/mol. The van der Waals surface area contributed by atoms with Gasteiger partial charge in [0.15, 0.2) is 18.1 Å². The van der Waals surface area contributed by atoms with Crippen LogP contribution in [-0.2, 0) is 9.59 Å². The first-order valence-electron chi connectivity index (χ1n) is 8.26. The Kier molecular flexibility index (Phi) is 7.00. The number of primary amides is 2. The molecule has 4 N–H and O–H groups in total. The molecule has 10 heteroatoms. The average Bonchev–Trinajstić information content (AvgIpc) is 2.65. The highest BCUT2D eigenvalue weighted by Gasteiger charge is 2.29. The van der Waals surface area contributed by atoms with E-state index in [0.717, 1.165) is 11.0 Å². The standard InChI is InChI=1S/C19H19ClFN3O5/c1-24(16(18(23)26)10-4-3-5-12(21)6-10)19(27)11-7-13(20)17(14(8-11)28-2)29-9-15(22)25/h3-8,16H,9H2,1-2H3,(H2,22,25)(H2,23,26). The second-order valence-corrected chi connectivity index (χ2v) is 6.43. The molecule has 2 aromatic carbocycles. The molecule has 3 amide bonds. The third-order valence-corrected chi connectivity index (χ3v) is 4.26. The smallest absolute Gasteiger partial charge is 0.255 e. The second kappa shape index (κ2) is 9.24. The molecule has 154 valence electrons. The van der Waals surface area contributed by atoms with E-state index in [1.165, 1.54) is 44.5 Å². The predicted octanol–water partition coefficient (Wildman–Crippen LogP) is 1.65. The molecule has 29 heavy (non-hydrogen) atoms. The summed E-state index contributed by atoms with van der Waals surface area (Å²) < 4.78 is 23.9. The van der Waals surface area contributed by atoms with Crippen molar-refractivity contribution >= 4 is 29.3 Å². The van der Waals surface area contributed by atoms with Crippen molar-refractivity contribution in [3.05, 3.63) is 58.4 Å². The van der Waals surface area contributed by atoms with E-state index < -0.39 is 36.2 Å². The summed E-state index contributed by atoms with van der Waals surface area (Å²) in [4.78, 5) is 36.9. The Bertz CT molecular complexity index is 953. The molecular weight excluding hydrogens is 405 g/mol. The van der Waals surface area contributed by atoms with Crippen LogP contribution in [0, 0.1) is 5.82 Å². The van der Waals surface area contributed by atoms with E-state index >= 15 is 0 Å². The van der Waals surface area contributed by atoms with Gasteiger partial charge in [0, 0.05) is 12.6 Å². The normalized spacial score (nSPS) is 11.4. The van der Waals surface area contributed by atoms with Gasteiger partial charge in [0.2, 0.25) is 5.91 Å². The molecule has 0 aliphatic carbocycles. The van der Waals surface area contributed by atoms with Crippen LogP contribution in [-0.4, -0.2) is 43.4 Å². The van der Waals surface area contributed by atoms with Crippen LogP contribution in [0.5, 0.6) is 11.5 Å². The van der Waals surface area contributed by atoms with Gasteiger partial charge in [0.05, 0.1) is 12.1 Å². The fraction of sp³-hybridized carbons (Fsp3) is 0.211. The molecular formula is C19H19ClFN3O5. The molecule has 0 radical (unpaired) electrons. The zero-order chi connectivity index (χ0) is 21.7. The van der Waals surface area contributed by atoms with Crippen LogP contribution in [0.15, 0.2) is 36.4 Å². The van der Waals surface area contributed by atoms with Crippen molar-refractivity contribution in [1.82, 2.24) is 4.90 Å². The molecule has 1 unspecified atom stereocenters. The molecule has 0 heterocycles. The first-order chi connectivity index (χ1) is 13.6. The highest BCUT2D eigenvalue weighted by Crippen LogP contribution is 2.37. The highest BCUT2D eigenvalue weighted by atomic mass is 35.5. The Hall–Kier alpha value is -3.33. The van der Waals surface area contributed by atoms with Crippen LogP contribution in [0.3, 0.4) is 0 Å². The maximum absolute atomic E-state index is 13.6. The molecule has 0 aliphatic heterocycles. The number of hydrogen-bond donors (Lipinski definition) is 2. The summed E-state index contributed by atoms with van der Waals surface area (Å²) in [5, 5.41) is -0.0104. The summed E-state index contributed by atoms with van der Waals surface area (Å²) in [5.41, 5.74) is 10.8. The number of nitrogens with two attached hydrogens (primary N) is 2. The summed E-state index contributed by atoms with van der Waals surface area (Å²) in [6, 6.07) is 6.61. The Morgan fingerprint density at radius 2 is 1.90 bits per heavy atom. The molecule has 0 saturated heterocycles. The minimum absolute atomic E-state index is 0.0104. The average molecular weight is 424 g/mol. The number of carbonyl (C=O) groups is 3. The van der Waals surface area contributed by atoms with Gasteiger partial charge in [-0.25, -0.2) is 4.39 Å². The number of halogens is 2. The summed E-state index contributed by atoms with van der Waals surface area (Å²) in [5.74, 6) is -2.65. The lowest BCUT2D eigenvalue weighted by molar-refractivity contribution is -0.122. The van der Waals surface area contributed by atoms with Crippen LogP contribution >= 0.6 is 11.6 Å². The number of amides is 3. The van der Waals surface area contributed by atoms with Crippen LogP contribution in [0.2, 0.25) is 5.02 Å². The van der Waals surface area contributed by atoms with Gasteiger partial charge in [-0.2, -0.15) is 0 Å². The lowest BCUT2D eigenvalue weighted by atomic mass is 10.0. The summed E-state index contributed by atoms with van der Waals surface area (Å²) in [7, 11) is 2.67. The third-order valence-electron chi connectivity index (χ3n) is 3.98. The van der Waals surface area contributed by atoms with E-state index in [-0.39, 0.29) is 27.6 Å². The summed E-state index contributed by atoms with van der Waals surface area (Å²) >= 11 is 6.16. The topological polar surface area (TPSA) is 125 Å². The van der Waals surface area contributed by atoms with E-state index in [0.29, 0.717) is 0 Å². The van der Waals surface area contributed by atoms with Gasteiger partial charge >= 0.3 is 0 Å². The zero-order valence-electron chi connectivity index (χ0n) is 15.6. The molecule has 2 aromatic rings.